The van der Waals surface area contributed by atoms with Crippen LogP contribution in [0.3, 0.4) is 0 Å². The van der Waals surface area contributed by atoms with Crippen LogP contribution in [0.1, 0.15) is 5.56 Å². The first-order chi connectivity index (χ1) is 8.45. The van der Waals surface area contributed by atoms with Gasteiger partial charge in [-0.2, -0.15) is 0 Å². The topological polar surface area (TPSA) is 96.6 Å². The predicted octanol–water partition coefficient (Wildman–Crippen LogP) is 0.822. The SMILES string of the molecule is C#CCN(CC(=O)O)c1cc(C)c([N+](=O)[O-])cn1. The fourth-order valence-corrected chi connectivity index (χ4v) is 1.39. The third-order valence-corrected chi connectivity index (χ3v) is 2.20. The number of hydrogen-bond donors (Lipinski definition) is 1. The van der Waals surface area contributed by atoms with Gasteiger partial charge in [-0.05, 0) is 13.0 Å². The molecule has 1 aromatic rings. The number of carboxylic acid groups (broad SMARTS) is 1. The molecule has 0 bridgehead atoms. The van der Waals surface area contributed by atoms with Crippen LogP contribution in [-0.2, 0) is 4.79 Å². The molecule has 0 aromatic carbocycles. The maximum atomic E-state index is 10.7. The Morgan fingerprint density at radius 3 is 2.83 bits per heavy atom. The van der Waals surface area contributed by atoms with Crippen molar-refractivity contribution >= 4 is 17.5 Å². The van der Waals surface area contributed by atoms with Gasteiger partial charge in [0.1, 0.15) is 18.6 Å². The Balaban J connectivity index is 3.07. The Hall–Kier alpha value is -2.62. The van der Waals surface area contributed by atoms with Crippen LogP contribution in [0, 0.1) is 29.4 Å². The smallest absolute Gasteiger partial charge is 0.323 e. The Morgan fingerprint density at radius 1 is 1.72 bits per heavy atom. The van der Waals surface area contributed by atoms with Crippen molar-refractivity contribution in [3.05, 3.63) is 27.9 Å². The largest absolute Gasteiger partial charge is 0.480 e. The number of hydrogen-bond acceptors (Lipinski definition) is 5. The number of aryl methyl sites for hydroxylation is 1. The lowest BCUT2D eigenvalue weighted by Crippen LogP contribution is -2.30. The minimum absolute atomic E-state index is 0.0660. The molecule has 0 saturated carbocycles. The van der Waals surface area contributed by atoms with Gasteiger partial charge in [-0.25, -0.2) is 4.98 Å². The van der Waals surface area contributed by atoms with Gasteiger partial charge in [0.15, 0.2) is 0 Å². The first-order valence-electron chi connectivity index (χ1n) is 4.97. The summed E-state index contributed by atoms with van der Waals surface area (Å²) in [6.07, 6.45) is 6.23. The molecule has 18 heavy (non-hydrogen) atoms. The molecular weight excluding hydrogens is 238 g/mol. The number of anilines is 1. The van der Waals surface area contributed by atoms with Crippen LogP contribution in [-0.4, -0.2) is 34.1 Å². The number of carbonyl (C=O) groups is 1. The molecule has 1 rings (SSSR count). The summed E-state index contributed by atoms with van der Waals surface area (Å²) in [5, 5.41) is 19.4. The molecule has 94 valence electrons. The summed E-state index contributed by atoms with van der Waals surface area (Å²) in [7, 11) is 0. The number of nitrogens with zero attached hydrogens (tertiary/aromatic N) is 3. The van der Waals surface area contributed by atoms with E-state index in [1.165, 1.54) is 11.0 Å². The fraction of sp³-hybridized carbons (Fsp3) is 0.273. The summed E-state index contributed by atoms with van der Waals surface area (Å²) in [4.78, 5) is 26.0. The number of terminal acetylenes is 1. The lowest BCUT2D eigenvalue weighted by molar-refractivity contribution is -0.385. The molecule has 0 aliphatic rings. The van der Waals surface area contributed by atoms with E-state index >= 15 is 0 Å². The van der Waals surface area contributed by atoms with Crippen molar-refractivity contribution in [2.45, 2.75) is 6.92 Å². The van der Waals surface area contributed by atoms with E-state index in [4.69, 9.17) is 11.5 Å². The van der Waals surface area contributed by atoms with Crippen LogP contribution in [0.15, 0.2) is 12.3 Å². The van der Waals surface area contributed by atoms with E-state index in [2.05, 4.69) is 10.9 Å². The minimum Gasteiger partial charge on any atom is -0.480 e. The maximum absolute atomic E-state index is 10.7. The standard InChI is InChI=1S/C11H11N3O4/c1-3-4-13(7-11(15)16)10-5-8(2)9(6-12-10)14(17)18/h1,5-6H,4,7H2,2H3,(H,15,16). The normalized spacial score (nSPS) is 9.56. The molecule has 1 N–H and O–H groups in total. The van der Waals surface area contributed by atoms with E-state index < -0.39 is 10.9 Å². The lowest BCUT2D eigenvalue weighted by atomic mass is 10.2. The molecule has 1 aromatic heterocycles. The van der Waals surface area contributed by atoms with Crippen molar-refractivity contribution in [2.24, 2.45) is 0 Å². The van der Waals surface area contributed by atoms with Gasteiger partial charge < -0.3 is 10.0 Å². The summed E-state index contributed by atoms with van der Waals surface area (Å²) in [5.41, 5.74) is 0.284. The number of aromatic nitrogens is 1. The molecule has 0 unspecified atom stereocenters. The molecule has 0 aliphatic heterocycles. The van der Waals surface area contributed by atoms with Crippen LogP contribution in [0.2, 0.25) is 0 Å². The number of rotatable bonds is 5. The van der Waals surface area contributed by atoms with E-state index in [0.29, 0.717) is 11.4 Å². The highest BCUT2D eigenvalue weighted by Gasteiger charge is 2.16. The van der Waals surface area contributed by atoms with Gasteiger partial charge in [0, 0.05) is 5.56 Å². The lowest BCUT2D eigenvalue weighted by Gasteiger charge is -2.18. The van der Waals surface area contributed by atoms with Crippen LogP contribution in [0.25, 0.3) is 0 Å². The third kappa shape index (κ3) is 3.18. The van der Waals surface area contributed by atoms with Gasteiger partial charge in [-0.15, -0.1) is 6.42 Å². The fourth-order valence-electron chi connectivity index (χ4n) is 1.39. The van der Waals surface area contributed by atoms with Gasteiger partial charge >= 0.3 is 5.97 Å². The second-order valence-electron chi connectivity index (χ2n) is 3.54. The quantitative estimate of drug-likeness (QED) is 0.471. The van der Waals surface area contributed by atoms with Crippen molar-refractivity contribution in [1.82, 2.24) is 4.98 Å². The first kappa shape index (κ1) is 13.4. The molecule has 0 aliphatic carbocycles. The molecule has 1 heterocycles. The van der Waals surface area contributed by atoms with E-state index in [1.807, 2.05) is 0 Å². The summed E-state index contributed by atoms with van der Waals surface area (Å²) < 4.78 is 0. The molecule has 0 radical (unpaired) electrons. The van der Waals surface area contributed by atoms with Crippen LogP contribution >= 0.6 is 0 Å². The highest BCUT2D eigenvalue weighted by molar-refractivity contribution is 5.73. The van der Waals surface area contributed by atoms with Gasteiger partial charge in [-0.1, -0.05) is 5.92 Å². The van der Waals surface area contributed by atoms with Crippen molar-refractivity contribution in [3.8, 4) is 12.3 Å². The zero-order valence-corrected chi connectivity index (χ0v) is 9.66. The van der Waals surface area contributed by atoms with Gasteiger partial charge in [0.2, 0.25) is 0 Å². The highest BCUT2D eigenvalue weighted by atomic mass is 16.6. The monoisotopic (exact) mass is 249 g/mol. The summed E-state index contributed by atoms with van der Waals surface area (Å²) in [5.74, 6) is 1.57. The zero-order chi connectivity index (χ0) is 13.7. The second kappa shape index (κ2) is 5.63. The molecule has 0 amide bonds. The molecule has 7 heteroatoms. The molecule has 0 saturated heterocycles. The van der Waals surface area contributed by atoms with Crippen molar-refractivity contribution in [1.29, 1.82) is 0 Å². The highest BCUT2D eigenvalue weighted by Crippen LogP contribution is 2.21. The Labute approximate surface area is 103 Å². The minimum atomic E-state index is -1.05. The van der Waals surface area contributed by atoms with E-state index in [1.54, 1.807) is 6.92 Å². The first-order valence-corrected chi connectivity index (χ1v) is 4.97. The predicted molar refractivity (Wildman–Crippen MR) is 64.3 cm³/mol. The summed E-state index contributed by atoms with van der Waals surface area (Å²) in [6.45, 7) is 1.31. The average Bonchev–Trinajstić information content (AvgIpc) is 2.27. The zero-order valence-electron chi connectivity index (χ0n) is 9.66. The molecule has 0 fully saturated rings. The van der Waals surface area contributed by atoms with Crippen molar-refractivity contribution in [3.63, 3.8) is 0 Å². The van der Waals surface area contributed by atoms with E-state index in [9.17, 15) is 14.9 Å². The number of pyridine rings is 1. The van der Waals surface area contributed by atoms with Crippen molar-refractivity contribution < 1.29 is 14.8 Å². The van der Waals surface area contributed by atoms with E-state index in [0.717, 1.165) is 6.20 Å². The number of aliphatic carboxylic acids is 1. The third-order valence-electron chi connectivity index (χ3n) is 2.20. The Kier molecular flexibility index (Phi) is 4.21. The number of carboxylic acids is 1. The van der Waals surface area contributed by atoms with Crippen LogP contribution < -0.4 is 4.90 Å². The number of nitro groups is 1. The summed E-state index contributed by atoms with van der Waals surface area (Å²) >= 11 is 0. The second-order valence-corrected chi connectivity index (χ2v) is 3.54. The van der Waals surface area contributed by atoms with Gasteiger partial charge in [0.25, 0.3) is 5.69 Å². The molecule has 7 nitrogen and oxygen atoms in total. The Bertz CT molecular complexity index is 522. The summed E-state index contributed by atoms with van der Waals surface area (Å²) in [6, 6.07) is 1.44. The maximum Gasteiger partial charge on any atom is 0.323 e. The van der Waals surface area contributed by atoms with E-state index in [-0.39, 0.29) is 18.8 Å². The van der Waals surface area contributed by atoms with Gasteiger partial charge in [-0.3, -0.25) is 14.9 Å². The van der Waals surface area contributed by atoms with Crippen molar-refractivity contribution in [2.75, 3.05) is 18.0 Å². The average molecular weight is 249 g/mol. The van der Waals surface area contributed by atoms with Crippen LogP contribution in [0.4, 0.5) is 11.5 Å². The molecular formula is C11H11N3O4. The Morgan fingerprint density at radius 2 is 2.39 bits per heavy atom. The van der Waals surface area contributed by atoms with Crippen LogP contribution in [0.5, 0.6) is 0 Å². The molecule has 0 spiro atoms. The van der Waals surface area contributed by atoms with Gasteiger partial charge in [0.05, 0.1) is 11.5 Å². The molecule has 0 atom stereocenters.